The Hall–Kier alpha value is -2.82. The molecule has 0 unspecified atom stereocenters. The molecule has 1 N–H and O–H groups in total. The van der Waals surface area contributed by atoms with Gasteiger partial charge in [0, 0.05) is 36.8 Å². The van der Waals surface area contributed by atoms with Crippen LogP contribution in [0.5, 0.6) is 5.88 Å². The molecule has 0 atom stereocenters. The minimum Gasteiger partial charge on any atom is -0.480 e. The van der Waals surface area contributed by atoms with Gasteiger partial charge < -0.3 is 14.6 Å². The molecule has 2 heterocycles. The molecular weight excluding hydrogens is 290 g/mol. The van der Waals surface area contributed by atoms with Crippen molar-refractivity contribution in [2.24, 2.45) is 0 Å². The number of fused-ring (bicyclic) bond motifs is 1. The molecule has 0 spiro atoms. The van der Waals surface area contributed by atoms with Crippen LogP contribution >= 0.6 is 0 Å². The first-order chi connectivity index (χ1) is 11.0. The van der Waals surface area contributed by atoms with Crippen LogP contribution in [0.3, 0.4) is 0 Å². The molecule has 1 aromatic carbocycles. The van der Waals surface area contributed by atoms with Gasteiger partial charge in [-0.05, 0) is 36.8 Å². The van der Waals surface area contributed by atoms with E-state index in [0.717, 1.165) is 33.4 Å². The third-order valence-electron chi connectivity index (χ3n) is 4.05. The van der Waals surface area contributed by atoms with E-state index in [9.17, 15) is 4.79 Å². The van der Waals surface area contributed by atoms with Crippen molar-refractivity contribution in [2.45, 2.75) is 13.8 Å². The summed E-state index contributed by atoms with van der Waals surface area (Å²) < 4.78 is 5.39. The number of ether oxygens (including phenoxy) is 1. The van der Waals surface area contributed by atoms with E-state index in [1.165, 1.54) is 0 Å². The van der Waals surface area contributed by atoms with Gasteiger partial charge in [-0.15, -0.1) is 0 Å². The number of carbonyl (C=O) groups is 1. The maximum absolute atomic E-state index is 11.5. The highest BCUT2D eigenvalue weighted by molar-refractivity contribution is 5.95. The second-order valence-electron chi connectivity index (χ2n) is 5.54. The molecule has 0 bridgehead atoms. The number of hydrogen-bond acceptors (Lipinski definition) is 3. The molecule has 1 amide bonds. The average Bonchev–Trinajstić information content (AvgIpc) is 2.95. The minimum absolute atomic E-state index is 0.000836. The third kappa shape index (κ3) is 2.65. The van der Waals surface area contributed by atoms with Crippen LogP contribution in [-0.2, 0) is 4.79 Å². The summed E-state index contributed by atoms with van der Waals surface area (Å²) in [5.74, 6) is 0.596. The van der Waals surface area contributed by atoms with Crippen molar-refractivity contribution in [3.63, 3.8) is 0 Å². The molecule has 0 aliphatic carbocycles. The van der Waals surface area contributed by atoms with Gasteiger partial charge in [0.15, 0.2) is 0 Å². The van der Waals surface area contributed by atoms with E-state index in [2.05, 4.69) is 16.0 Å². The van der Waals surface area contributed by atoms with Crippen LogP contribution in [0.1, 0.15) is 12.5 Å². The summed E-state index contributed by atoms with van der Waals surface area (Å²) in [6.07, 6.45) is 1.74. The maximum atomic E-state index is 11.5. The number of benzene rings is 1. The molecule has 3 aromatic rings. The molecule has 0 aliphatic rings. The van der Waals surface area contributed by atoms with Crippen LogP contribution in [0.4, 0.5) is 5.69 Å². The van der Waals surface area contributed by atoms with Crippen LogP contribution in [0.25, 0.3) is 22.2 Å². The number of methoxy groups -OCH3 is 1. The summed E-state index contributed by atoms with van der Waals surface area (Å²) >= 11 is 0. The number of hydrogen-bond donors (Lipinski definition) is 1. The first-order valence-electron chi connectivity index (χ1n) is 7.38. The summed E-state index contributed by atoms with van der Waals surface area (Å²) in [5, 5.41) is 1.08. The summed E-state index contributed by atoms with van der Waals surface area (Å²) in [5.41, 5.74) is 4.81. The Bertz CT molecular complexity index is 883. The molecule has 5 heteroatoms. The quantitative estimate of drug-likeness (QED) is 0.805. The topological polar surface area (TPSA) is 58.2 Å². The summed E-state index contributed by atoms with van der Waals surface area (Å²) in [6.45, 7) is 3.58. The fraction of sp³-hybridized carbons (Fsp3) is 0.222. The van der Waals surface area contributed by atoms with Gasteiger partial charge in [0.25, 0.3) is 0 Å². The van der Waals surface area contributed by atoms with Crippen LogP contribution in [0.15, 0.2) is 36.5 Å². The SMILES string of the molecule is COc1nccc(C)c1-c1cc2ccc(N(C)C(C)=O)cc2[nH]1. The van der Waals surface area contributed by atoms with Gasteiger partial charge in [0.1, 0.15) is 0 Å². The number of pyridine rings is 1. The van der Waals surface area contributed by atoms with Crippen molar-refractivity contribution in [2.75, 3.05) is 19.1 Å². The molecule has 0 fully saturated rings. The Morgan fingerprint density at radius 2 is 2.04 bits per heavy atom. The predicted octanol–water partition coefficient (Wildman–Crippen LogP) is 3.53. The van der Waals surface area contributed by atoms with E-state index in [1.807, 2.05) is 31.2 Å². The number of rotatable bonds is 3. The highest BCUT2D eigenvalue weighted by Gasteiger charge is 2.14. The summed E-state index contributed by atoms with van der Waals surface area (Å²) in [4.78, 5) is 20.8. The third-order valence-corrected chi connectivity index (χ3v) is 4.05. The number of carbonyl (C=O) groups excluding carboxylic acids is 1. The number of aromatic nitrogens is 2. The second-order valence-corrected chi connectivity index (χ2v) is 5.54. The fourth-order valence-electron chi connectivity index (χ4n) is 2.66. The van der Waals surface area contributed by atoms with Gasteiger partial charge in [-0.3, -0.25) is 4.79 Å². The molecule has 0 saturated heterocycles. The summed E-state index contributed by atoms with van der Waals surface area (Å²) in [6, 6.07) is 9.94. The smallest absolute Gasteiger partial charge is 0.223 e. The van der Waals surface area contributed by atoms with Crippen molar-refractivity contribution in [1.29, 1.82) is 0 Å². The van der Waals surface area contributed by atoms with Crippen molar-refractivity contribution < 1.29 is 9.53 Å². The number of anilines is 1. The van der Waals surface area contributed by atoms with E-state index < -0.39 is 0 Å². The van der Waals surface area contributed by atoms with Gasteiger partial charge in [-0.25, -0.2) is 4.98 Å². The van der Waals surface area contributed by atoms with Crippen molar-refractivity contribution >= 4 is 22.5 Å². The molecule has 0 saturated carbocycles. The maximum Gasteiger partial charge on any atom is 0.223 e. The minimum atomic E-state index is 0.000836. The average molecular weight is 309 g/mol. The largest absolute Gasteiger partial charge is 0.480 e. The van der Waals surface area contributed by atoms with Crippen molar-refractivity contribution in [3.05, 3.63) is 42.1 Å². The monoisotopic (exact) mass is 309 g/mol. The molecule has 5 nitrogen and oxygen atoms in total. The highest BCUT2D eigenvalue weighted by Crippen LogP contribution is 2.33. The fourth-order valence-corrected chi connectivity index (χ4v) is 2.66. The lowest BCUT2D eigenvalue weighted by Gasteiger charge is -2.14. The molecule has 3 rings (SSSR count). The second kappa shape index (κ2) is 5.76. The van der Waals surface area contributed by atoms with E-state index in [1.54, 1.807) is 32.2 Å². The first-order valence-corrected chi connectivity index (χ1v) is 7.38. The van der Waals surface area contributed by atoms with E-state index in [4.69, 9.17) is 4.74 Å². The Kier molecular flexibility index (Phi) is 3.78. The lowest BCUT2D eigenvalue weighted by atomic mass is 10.1. The van der Waals surface area contributed by atoms with Crippen molar-refractivity contribution in [1.82, 2.24) is 9.97 Å². The van der Waals surface area contributed by atoms with Crippen LogP contribution in [-0.4, -0.2) is 30.0 Å². The van der Waals surface area contributed by atoms with Gasteiger partial charge in [-0.2, -0.15) is 0 Å². The van der Waals surface area contributed by atoms with Gasteiger partial charge in [-0.1, -0.05) is 6.07 Å². The van der Waals surface area contributed by atoms with E-state index in [-0.39, 0.29) is 5.91 Å². The van der Waals surface area contributed by atoms with Gasteiger partial charge in [0.2, 0.25) is 11.8 Å². The standard InChI is InChI=1S/C18H19N3O2/c1-11-7-8-19-18(23-4)17(11)16-9-13-5-6-14(10-15(13)20-16)21(3)12(2)22/h5-10,20H,1-4H3. The van der Waals surface area contributed by atoms with Crippen LogP contribution in [0.2, 0.25) is 0 Å². The zero-order valence-corrected chi connectivity index (χ0v) is 13.7. The van der Waals surface area contributed by atoms with Crippen LogP contribution < -0.4 is 9.64 Å². The first kappa shape index (κ1) is 15.1. The number of H-pyrrole nitrogens is 1. The Labute approximate surface area is 134 Å². The highest BCUT2D eigenvalue weighted by atomic mass is 16.5. The van der Waals surface area contributed by atoms with Crippen molar-refractivity contribution in [3.8, 4) is 17.1 Å². The Morgan fingerprint density at radius 3 is 2.74 bits per heavy atom. The van der Waals surface area contributed by atoms with Gasteiger partial charge in [0.05, 0.1) is 18.4 Å². The zero-order valence-electron chi connectivity index (χ0n) is 13.7. The molecule has 118 valence electrons. The van der Waals surface area contributed by atoms with Crippen LogP contribution in [0, 0.1) is 6.92 Å². The molecule has 0 aliphatic heterocycles. The predicted molar refractivity (Wildman–Crippen MR) is 91.9 cm³/mol. The number of aromatic amines is 1. The number of aryl methyl sites for hydroxylation is 1. The normalized spacial score (nSPS) is 10.8. The van der Waals surface area contributed by atoms with E-state index >= 15 is 0 Å². The van der Waals surface area contributed by atoms with Gasteiger partial charge >= 0.3 is 0 Å². The zero-order chi connectivity index (χ0) is 16.6. The molecule has 23 heavy (non-hydrogen) atoms. The lowest BCUT2D eigenvalue weighted by molar-refractivity contribution is -0.116. The Morgan fingerprint density at radius 1 is 1.26 bits per heavy atom. The summed E-state index contributed by atoms with van der Waals surface area (Å²) in [7, 11) is 3.38. The number of amides is 1. The molecular formula is C18H19N3O2. The Balaban J connectivity index is 2.13. The molecule has 0 radical (unpaired) electrons. The lowest BCUT2D eigenvalue weighted by Crippen LogP contribution is -2.22. The van der Waals surface area contributed by atoms with E-state index in [0.29, 0.717) is 5.88 Å². The number of nitrogens with zero attached hydrogens (tertiary/aromatic N) is 2. The molecule has 2 aromatic heterocycles. The number of nitrogens with one attached hydrogen (secondary N) is 1.